The van der Waals surface area contributed by atoms with E-state index in [1.807, 2.05) is 44.2 Å². The van der Waals surface area contributed by atoms with E-state index < -0.39 is 17.9 Å². The summed E-state index contributed by atoms with van der Waals surface area (Å²) in [7, 11) is 1.28. The van der Waals surface area contributed by atoms with Crippen molar-refractivity contribution in [3.05, 3.63) is 48.2 Å². The number of carbonyl (C=O) groups is 2. The second kappa shape index (κ2) is 7.57. The minimum Gasteiger partial charge on any atom is -0.466 e. The fraction of sp³-hybridized carbons (Fsp3) is 0.474. The third kappa shape index (κ3) is 3.95. The summed E-state index contributed by atoms with van der Waals surface area (Å²) in [5, 5.41) is 0. The van der Waals surface area contributed by atoms with Crippen LogP contribution in [0.5, 0.6) is 0 Å². The smallest absolute Gasteiger partial charge is 0.331 e. The van der Waals surface area contributed by atoms with Gasteiger partial charge in [-0.3, -0.25) is 4.79 Å². The Balaban J connectivity index is 1.71. The highest BCUT2D eigenvalue weighted by Gasteiger charge is 2.55. The largest absolute Gasteiger partial charge is 0.466 e. The molecule has 0 aliphatic carbocycles. The average Bonchev–Trinajstić information content (AvgIpc) is 2.98. The lowest BCUT2D eigenvalue weighted by Crippen LogP contribution is -2.68. The molecule has 140 valence electrons. The van der Waals surface area contributed by atoms with E-state index in [9.17, 15) is 9.59 Å². The molecule has 2 fully saturated rings. The van der Waals surface area contributed by atoms with Crippen molar-refractivity contribution >= 4 is 11.9 Å². The maximum Gasteiger partial charge on any atom is 0.331 e. The molecule has 0 saturated carbocycles. The van der Waals surface area contributed by atoms with Crippen molar-refractivity contribution in [3.63, 3.8) is 0 Å². The van der Waals surface area contributed by atoms with Gasteiger partial charge in [0, 0.05) is 12.3 Å². The molecule has 1 amide bonds. The molecule has 2 saturated heterocycles. The fourth-order valence-electron chi connectivity index (χ4n) is 3.07. The molecule has 3 atom stereocenters. The molecular weight excluding hydrogens is 338 g/mol. The van der Waals surface area contributed by atoms with Crippen LogP contribution in [-0.2, 0) is 35.1 Å². The molecule has 0 N–H and O–H groups in total. The van der Waals surface area contributed by atoms with E-state index in [0.29, 0.717) is 13.2 Å². The Morgan fingerprint density at radius 1 is 1.35 bits per heavy atom. The zero-order valence-electron chi connectivity index (χ0n) is 15.1. The van der Waals surface area contributed by atoms with E-state index in [2.05, 4.69) is 4.74 Å². The van der Waals surface area contributed by atoms with Gasteiger partial charge in [0.2, 0.25) is 0 Å². The third-order valence-electron chi connectivity index (χ3n) is 4.39. The second-order valence-corrected chi connectivity index (χ2v) is 6.66. The highest BCUT2D eigenvalue weighted by Crippen LogP contribution is 2.34. The number of hydrogen-bond acceptors (Lipinski definition) is 6. The first-order valence-electron chi connectivity index (χ1n) is 8.47. The number of amides is 1. The van der Waals surface area contributed by atoms with Crippen molar-refractivity contribution in [2.75, 3.05) is 13.7 Å². The maximum atomic E-state index is 12.5. The zero-order chi connectivity index (χ0) is 18.7. The molecule has 2 aliphatic heterocycles. The lowest BCUT2D eigenvalue weighted by Gasteiger charge is -2.46. The van der Waals surface area contributed by atoms with E-state index in [4.69, 9.17) is 14.2 Å². The summed E-state index contributed by atoms with van der Waals surface area (Å²) in [4.78, 5) is 25.3. The quantitative estimate of drug-likeness (QED) is 0.435. The van der Waals surface area contributed by atoms with Crippen LogP contribution in [0.1, 0.15) is 19.4 Å². The van der Waals surface area contributed by atoms with Gasteiger partial charge in [-0.1, -0.05) is 30.3 Å². The molecule has 2 aliphatic rings. The van der Waals surface area contributed by atoms with Crippen LogP contribution in [-0.4, -0.2) is 54.5 Å². The number of rotatable bonds is 6. The van der Waals surface area contributed by atoms with Crippen molar-refractivity contribution in [3.8, 4) is 0 Å². The predicted molar refractivity (Wildman–Crippen MR) is 91.7 cm³/mol. The fourth-order valence-corrected chi connectivity index (χ4v) is 3.07. The SMILES string of the molecule is COC(=O)/C=C/N1C(=O)C(OCc2ccccc2)C1[C@H]1COC(C)(C)O1. The average molecular weight is 361 g/mol. The standard InChI is InChI=1S/C19H23NO6/c1-19(2)25-12-14(26-19)16-17(24-11-13-7-5-4-6-8-13)18(22)20(16)10-9-15(21)23-3/h4-10,14,16-17H,11-12H2,1-3H3/b10-9+/t14-,16?,17?/m1/s1. The zero-order valence-corrected chi connectivity index (χ0v) is 15.1. The first-order valence-corrected chi connectivity index (χ1v) is 8.47. The molecular formula is C19H23NO6. The number of nitrogens with zero attached hydrogens (tertiary/aromatic N) is 1. The van der Waals surface area contributed by atoms with Crippen molar-refractivity contribution in [1.82, 2.24) is 4.90 Å². The molecule has 2 heterocycles. The van der Waals surface area contributed by atoms with Crippen molar-refractivity contribution in [2.24, 2.45) is 0 Å². The van der Waals surface area contributed by atoms with Crippen molar-refractivity contribution in [1.29, 1.82) is 0 Å². The molecule has 0 radical (unpaired) electrons. The molecule has 26 heavy (non-hydrogen) atoms. The molecule has 1 aromatic rings. The van der Waals surface area contributed by atoms with Crippen LogP contribution in [0.4, 0.5) is 0 Å². The van der Waals surface area contributed by atoms with E-state index in [0.717, 1.165) is 5.56 Å². The van der Waals surface area contributed by atoms with E-state index in [-0.39, 0.29) is 18.1 Å². The summed E-state index contributed by atoms with van der Waals surface area (Å²) in [6, 6.07) is 9.26. The minimum atomic E-state index is -0.717. The molecule has 7 nitrogen and oxygen atoms in total. The molecule has 2 unspecified atom stereocenters. The summed E-state index contributed by atoms with van der Waals surface area (Å²) in [5.74, 6) is -1.47. The van der Waals surface area contributed by atoms with Gasteiger partial charge in [0.15, 0.2) is 11.9 Å². The number of hydrogen-bond donors (Lipinski definition) is 0. The Labute approximate surface area is 152 Å². The van der Waals surface area contributed by atoms with Crippen LogP contribution >= 0.6 is 0 Å². The van der Waals surface area contributed by atoms with E-state index in [1.165, 1.54) is 24.3 Å². The van der Waals surface area contributed by atoms with Gasteiger partial charge in [-0.25, -0.2) is 4.79 Å². The lowest BCUT2D eigenvalue weighted by atomic mass is 9.93. The number of carbonyl (C=O) groups excluding carboxylic acids is 2. The minimum absolute atomic E-state index is 0.223. The van der Waals surface area contributed by atoms with Gasteiger partial charge in [0.25, 0.3) is 5.91 Å². The molecule has 7 heteroatoms. The predicted octanol–water partition coefficient (Wildman–Crippen LogP) is 1.62. The summed E-state index contributed by atoms with van der Waals surface area (Å²) < 4.78 is 22.0. The van der Waals surface area contributed by atoms with Crippen LogP contribution in [0.2, 0.25) is 0 Å². The van der Waals surface area contributed by atoms with Gasteiger partial charge >= 0.3 is 5.97 Å². The van der Waals surface area contributed by atoms with E-state index in [1.54, 1.807) is 0 Å². The summed E-state index contributed by atoms with van der Waals surface area (Å²) in [6.45, 7) is 4.31. The number of esters is 1. The summed E-state index contributed by atoms with van der Waals surface area (Å²) in [5.41, 5.74) is 0.978. The second-order valence-electron chi connectivity index (χ2n) is 6.66. The van der Waals surface area contributed by atoms with Crippen LogP contribution in [0.3, 0.4) is 0 Å². The Bertz CT molecular complexity index is 687. The number of methoxy groups -OCH3 is 1. The van der Waals surface area contributed by atoms with Gasteiger partial charge in [-0.2, -0.15) is 0 Å². The Morgan fingerprint density at radius 2 is 2.08 bits per heavy atom. The van der Waals surface area contributed by atoms with Gasteiger partial charge in [0.1, 0.15) is 12.1 Å². The molecule has 0 spiro atoms. The lowest BCUT2D eigenvalue weighted by molar-refractivity contribution is -0.191. The Morgan fingerprint density at radius 3 is 2.69 bits per heavy atom. The van der Waals surface area contributed by atoms with Crippen LogP contribution in [0.25, 0.3) is 0 Å². The Kier molecular flexibility index (Phi) is 5.41. The van der Waals surface area contributed by atoms with Gasteiger partial charge in [-0.05, 0) is 19.4 Å². The summed E-state index contributed by atoms with van der Waals surface area (Å²) >= 11 is 0. The normalized spacial score (nSPS) is 27.6. The Hall–Kier alpha value is -2.22. The molecule has 0 bridgehead atoms. The topological polar surface area (TPSA) is 74.3 Å². The number of benzene rings is 1. The first kappa shape index (κ1) is 18.6. The highest BCUT2D eigenvalue weighted by molar-refractivity contribution is 5.91. The number of ether oxygens (including phenoxy) is 4. The van der Waals surface area contributed by atoms with Crippen LogP contribution < -0.4 is 0 Å². The maximum absolute atomic E-state index is 12.5. The number of β-lactam (4-membered cyclic amide) rings is 1. The van der Waals surface area contributed by atoms with Crippen molar-refractivity contribution in [2.45, 2.75) is 44.5 Å². The first-order chi connectivity index (χ1) is 12.4. The monoisotopic (exact) mass is 361 g/mol. The third-order valence-corrected chi connectivity index (χ3v) is 4.39. The van der Waals surface area contributed by atoms with Crippen LogP contribution in [0, 0.1) is 0 Å². The van der Waals surface area contributed by atoms with Gasteiger partial charge in [0.05, 0.1) is 20.3 Å². The van der Waals surface area contributed by atoms with Crippen molar-refractivity contribution < 1.29 is 28.5 Å². The highest BCUT2D eigenvalue weighted by atomic mass is 16.7. The van der Waals surface area contributed by atoms with Gasteiger partial charge < -0.3 is 23.8 Å². The van der Waals surface area contributed by atoms with Crippen LogP contribution in [0.15, 0.2) is 42.6 Å². The van der Waals surface area contributed by atoms with Gasteiger partial charge in [-0.15, -0.1) is 0 Å². The molecule has 3 rings (SSSR count). The molecule has 1 aromatic carbocycles. The van der Waals surface area contributed by atoms with E-state index >= 15 is 0 Å². The summed E-state index contributed by atoms with van der Waals surface area (Å²) in [6.07, 6.45) is 1.63. The molecule has 0 aromatic heterocycles. The number of likely N-dealkylation sites (tertiary alicyclic amines) is 1.